The lowest BCUT2D eigenvalue weighted by atomic mass is 10.0. The first kappa shape index (κ1) is 15.8. The molecule has 0 aliphatic heterocycles. The topological polar surface area (TPSA) is 35.5 Å². The van der Waals surface area contributed by atoms with E-state index in [4.69, 9.17) is 21.1 Å². The highest BCUT2D eigenvalue weighted by Gasteiger charge is 2.22. The van der Waals surface area contributed by atoms with Crippen LogP contribution in [0.1, 0.15) is 15.9 Å². The average Bonchev–Trinajstić information content (AvgIpc) is 2.46. The van der Waals surface area contributed by atoms with E-state index in [0.29, 0.717) is 16.0 Å². The predicted octanol–water partition coefficient (Wildman–Crippen LogP) is 4.49. The number of methoxy groups -OCH3 is 2. The quantitative estimate of drug-likeness (QED) is 0.741. The monoisotopic (exact) mass is 372 g/mol. The Morgan fingerprint density at radius 1 is 1.19 bits per heavy atom. The second-order valence-corrected chi connectivity index (χ2v) is 5.37. The maximum Gasteiger partial charge on any atom is 0.198 e. The molecule has 2 aromatic carbocycles. The molecule has 6 heteroatoms. The molecule has 21 heavy (non-hydrogen) atoms. The fourth-order valence-corrected chi connectivity index (χ4v) is 2.63. The number of rotatable bonds is 4. The van der Waals surface area contributed by atoms with Crippen molar-refractivity contribution in [2.75, 3.05) is 14.2 Å². The number of hydrogen-bond acceptors (Lipinski definition) is 3. The van der Waals surface area contributed by atoms with Crippen LogP contribution in [0.2, 0.25) is 5.02 Å². The van der Waals surface area contributed by atoms with Gasteiger partial charge in [-0.1, -0.05) is 17.7 Å². The first-order valence-electron chi connectivity index (χ1n) is 5.89. The number of benzene rings is 2. The van der Waals surface area contributed by atoms with Crippen molar-refractivity contribution in [3.8, 4) is 11.5 Å². The fraction of sp³-hybridized carbons (Fsp3) is 0.133. The molecular formula is C15H11BrClFO3. The van der Waals surface area contributed by atoms with Gasteiger partial charge >= 0.3 is 0 Å². The highest BCUT2D eigenvalue weighted by atomic mass is 79.9. The van der Waals surface area contributed by atoms with Crippen molar-refractivity contribution in [3.05, 3.63) is 56.8 Å². The van der Waals surface area contributed by atoms with Gasteiger partial charge in [0, 0.05) is 10.0 Å². The Labute approximate surface area is 134 Å². The molecule has 0 aromatic heterocycles. The lowest BCUT2D eigenvalue weighted by Gasteiger charge is -2.12. The minimum Gasteiger partial charge on any atom is -0.493 e. The van der Waals surface area contributed by atoms with Gasteiger partial charge < -0.3 is 9.47 Å². The van der Waals surface area contributed by atoms with Crippen molar-refractivity contribution in [1.82, 2.24) is 0 Å². The third kappa shape index (κ3) is 3.04. The molecule has 0 fully saturated rings. The Kier molecular flexibility index (Phi) is 4.85. The lowest BCUT2D eigenvalue weighted by molar-refractivity contribution is 0.103. The Bertz CT molecular complexity index is 683. The zero-order valence-electron chi connectivity index (χ0n) is 11.2. The second kappa shape index (κ2) is 6.45. The van der Waals surface area contributed by atoms with E-state index in [1.165, 1.54) is 38.5 Å². The van der Waals surface area contributed by atoms with Gasteiger partial charge in [-0.25, -0.2) is 4.39 Å². The van der Waals surface area contributed by atoms with Gasteiger partial charge in [0.1, 0.15) is 5.82 Å². The summed E-state index contributed by atoms with van der Waals surface area (Å²) in [5, 5.41) is 0.0571. The molecule has 0 bridgehead atoms. The van der Waals surface area contributed by atoms with E-state index in [1.54, 1.807) is 6.07 Å². The molecule has 0 atom stereocenters. The minimum absolute atomic E-state index is 0.0571. The van der Waals surface area contributed by atoms with Crippen molar-refractivity contribution in [2.45, 2.75) is 0 Å². The summed E-state index contributed by atoms with van der Waals surface area (Å²) in [6.07, 6.45) is 0. The Balaban J connectivity index is 2.59. The van der Waals surface area contributed by atoms with Crippen LogP contribution in [0.25, 0.3) is 0 Å². The van der Waals surface area contributed by atoms with E-state index in [0.717, 1.165) is 0 Å². The minimum atomic E-state index is -0.672. The third-order valence-electron chi connectivity index (χ3n) is 2.91. The largest absolute Gasteiger partial charge is 0.493 e. The van der Waals surface area contributed by atoms with Crippen molar-refractivity contribution in [3.63, 3.8) is 0 Å². The van der Waals surface area contributed by atoms with E-state index < -0.39 is 11.6 Å². The summed E-state index contributed by atoms with van der Waals surface area (Å²) >= 11 is 9.20. The SMILES string of the molecule is COc1cc(Br)c(C(=O)c2c(F)cccc2Cl)cc1OC. The summed E-state index contributed by atoms with van der Waals surface area (Å²) in [7, 11) is 2.94. The van der Waals surface area contributed by atoms with Gasteiger partial charge in [0.05, 0.1) is 24.8 Å². The van der Waals surface area contributed by atoms with Crippen LogP contribution in [0.5, 0.6) is 11.5 Å². The standard InChI is InChI=1S/C15H11BrClFO3/c1-20-12-6-8(9(16)7-13(12)21-2)15(19)14-10(17)4-3-5-11(14)18/h3-7H,1-2H3. The summed E-state index contributed by atoms with van der Waals surface area (Å²) in [5.41, 5.74) is 0.0618. The Hall–Kier alpha value is -1.59. The molecule has 0 N–H and O–H groups in total. The van der Waals surface area contributed by atoms with Gasteiger partial charge in [0.15, 0.2) is 17.3 Å². The zero-order valence-corrected chi connectivity index (χ0v) is 13.6. The van der Waals surface area contributed by atoms with Crippen molar-refractivity contribution < 1.29 is 18.7 Å². The fourth-order valence-electron chi connectivity index (χ4n) is 1.88. The van der Waals surface area contributed by atoms with Crippen LogP contribution in [0.3, 0.4) is 0 Å². The molecule has 0 heterocycles. The molecule has 0 saturated heterocycles. The molecule has 0 aliphatic rings. The van der Waals surface area contributed by atoms with Crippen LogP contribution in [0.4, 0.5) is 4.39 Å². The Morgan fingerprint density at radius 2 is 1.81 bits per heavy atom. The normalized spacial score (nSPS) is 10.3. The highest BCUT2D eigenvalue weighted by Crippen LogP contribution is 2.35. The first-order valence-corrected chi connectivity index (χ1v) is 7.07. The number of ether oxygens (including phenoxy) is 2. The Morgan fingerprint density at radius 3 is 2.38 bits per heavy atom. The summed E-state index contributed by atoms with van der Waals surface area (Å²) < 4.78 is 24.6. The molecular weight excluding hydrogens is 363 g/mol. The summed E-state index contributed by atoms with van der Waals surface area (Å²) in [4.78, 5) is 12.5. The first-order chi connectivity index (χ1) is 9.99. The van der Waals surface area contributed by atoms with Gasteiger partial charge in [-0.2, -0.15) is 0 Å². The molecule has 0 radical (unpaired) electrons. The average molecular weight is 374 g/mol. The van der Waals surface area contributed by atoms with Gasteiger partial charge in [0.25, 0.3) is 0 Å². The summed E-state index contributed by atoms with van der Waals surface area (Å²) in [6, 6.07) is 7.16. The number of halogens is 3. The molecule has 0 saturated carbocycles. The van der Waals surface area contributed by atoms with Gasteiger partial charge in [-0.05, 0) is 40.2 Å². The lowest BCUT2D eigenvalue weighted by Crippen LogP contribution is -2.07. The molecule has 2 aromatic rings. The van der Waals surface area contributed by atoms with E-state index in [2.05, 4.69) is 15.9 Å². The van der Waals surface area contributed by atoms with Crippen LogP contribution in [0.15, 0.2) is 34.8 Å². The van der Waals surface area contributed by atoms with E-state index in [-0.39, 0.29) is 16.1 Å². The van der Waals surface area contributed by atoms with Crippen molar-refractivity contribution in [1.29, 1.82) is 0 Å². The van der Waals surface area contributed by atoms with Crippen LogP contribution in [-0.4, -0.2) is 20.0 Å². The smallest absolute Gasteiger partial charge is 0.198 e. The van der Waals surface area contributed by atoms with Crippen molar-refractivity contribution >= 4 is 33.3 Å². The van der Waals surface area contributed by atoms with Gasteiger partial charge in [0.2, 0.25) is 0 Å². The van der Waals surface area contributed by atoms with Crippen LogP contribution < -0.4 is 9.47 Å². The van der Waals surface area contributed by atoms with Crippen LogP contribution >= 0.6 is 27.5 Å². The molecule has 0 amide bonds. The second-order valence-electron chi connectivity index (χ2n) is 4.11. The number of carbonyl (C=O) groups is 1. The van der Waals surface area contributed by atoms with E-state index in [1.807, 2.05) is 0 Å². The molecule has 110 valence electrons. The van der Waals surface area contributed by atoms with Crippen LogP contribution in [-0.2, 0) is 0 Å². The maximum atomic E-state index is 13.9. The molecule has 0 spiro atoms. The highest BCUT2D eigenvalue weighted by molar-refractivity contribution is 9.10. The molecule has 3 nitrogen and oxygen atoms in total. The van der Waals surface area contributed by atoms with Crippen LogP contribution in [0, 0.1) is 5.82 Å². The zero-order chi connectivity index (χ0) is 15.6. The van der Waals surface area contributed by atoms with E-state index in [9.17, 15) is 9.18 Å². The molecule has 0 unspecified atom stereocenters. The molecule has 0 aliphatic carbocycles. The van der Waals surface area contributed by atoms with Gasteiger partial charge in [-0.15, -0.1) is 0 Å². The number of hydrogen-bond donors (Lipinski definition) is 0. The van der Waals surface area contributed by atoms with E-state index >= 15 is 0 Å². The third-order valence-corrected chi connectivity index (χ3v) is 3.88. The summed E-state index contributed by atoms with van der Waals surface area (Å²) in [5.74, 6) is -0.378. The van der Waals surface area contributed by atoms with Gasteiger partial charge in [-0.3, -0.25) is 4.79 Å². The number of carbonyl (C=O) groups excluding carboxylic acids is 1. The van der Waals surface area contributed by atoms with Crippen molar-refractivity contribution in [2.24, 2.45) is 0 Å². The summed E-state index contributed by atoms with van der Waals surface area (Å²) in [6.45, 7) is 0. The predicted molar refractivity (Wildman–Crippen MR) is 82.1 cm³/mol. The number of ketones is 1. The molecule has 2 rings (SSSR count). The maximum absolute atomic E-state index is 13.9.